The second-order valence-corrected chi connectivity index (χ2v) is 3.50. The SMILES string of the molecule is FC(F)c1cccc(-c2cccc(C(F)F)n2)n1. The third kappa shape index (κ3) is 2.64. The Hall–Kier alpha value is -1.98. The number of halogens is 4. The van der Waals surface area contributed by atoms with Crippen LogP contribution in [-0.4, -0.2) is 9.97 Å². The largest absolute Gasteiger partial charge is 0.280 e. The van der Waals surface area contributed by atoms with Gasteiger partial charge < -0.3 is 0 Å². The molecule has 0 amide bonds. The lowest BCUT2D eigenvalue weighted by Gasteiger charge is -2.05. The molecule has 94 valence electrons. The molecule has 0 spiro atoms. The molecule has 2 nitrogen and oxygen atoms in total. The van der Waals surface area contributed by atoms with Gasteiger partial charge in [0.15, 0.2) is 0 Å². The number of hydrogen-bond donors (Lipinski definition) is 0. The van der Waals surface area contributed by atoms with Crippen LogP contribution in [0.4, 0.5) is 17.6 Å². The molecule has 0 aromatic carbocycles. The monoisotopic (exact) mass is 256 g/mol. The van der Waals surface area contributed by atoms with Crippen LogP contribution in [-0.2, 0) is 0 Å². The van der Waals surface area contributed by atoms with Crippen molar-refractivity contribution in [2.75, 3.05) is 0 Å². The summed E-state index contributed by atoms with van der Waals surface area (Å²) < 4.78 is 49.9. The first-order valence-electron chi connectivity index (χ1n) is 5.08. The lowest BCUT2D eigenvalue weighted by atomic mass is 10.2. The zero-order valence-electron chi connectivity index (χ0n) is 9.03. The van der Waals surface area contributed by atoms with Gasteiger partial charge in [0.25, 0.3) is 12.9 Å². The molecule has 2 rings (SSSR count). The summed E-state index contributed by atoms with van der Waals surface area (Å²) in [5.41, 5.74) is -0.515. The maximum Gasteiger partial charge on any atom is 0.280 e. The van der Waals surface area contributed by atoms with Crippen LogP contribution in [0.1, 0.15) is 24.2 Å². The second kappa shape index (κ2) is 5.12. The molecule has 2 aromatic rings. The fraction of sp³-hybridized carbons (Fsp3) is 0.167. The first-order valence-corrected chi connectivity index (χ1v) is 5.08. The van der Waals surface area contributed by atoms with Crippen LogP contribution in [0.15, 0.2) is 36.4 Å². The molecule has 0 aliphatic heterocycles. The molecule has 0 radical (unpaired) electrons. The van der Waals surface area contributed by atoms with Crippen LogP contribution in [0.2, 0.25) is 0 Å². The number of rotatable bonds is 3. The van der Waals surface area contributed by atoms with E-state index >= 15 is 0 Å². The predicted octanol–water partition coefficient (Wildman–Crippen LogP) is 4.02. The fourth-order valence-corrected chi connectivity index (χ4v) is 1.43. The average molecular weight is 256 g/mol. The lowest BCUT2D eigenvalue weighted by molar-refractivity contribution is 0.145. The summed E-state index contributed by atoms with van der Waals surface area (Å²) in [4.78, 5) is 7.37. The second-order valence-electron chi connectivity index (χ2n) is 3.50. The van der Waals surface area contributed by atoms with Crippen LogP contribution in [0.25, 0.3) is 11.4 Å². The molecule has 0 bridgehead atoms. The first kappa shape index (κ1) is 12.5. The number of aromatic nitrogens is 2. The third-order valence-corrected chi connectivity index (χ3v) is 2.25. The Bertz CT molecular complexity index is 494. The zero-order valence-corrected chi connectivity index (χ0v) is 9.03. The topological polar surface area (TPSA) is 25.8 Å². The summed E-state index contributed by atoms with van der Waals surface area (Å²) in [6, 6.07) is 8.02. The van der Waals surface area contributed by atoms with Crippen LogP contribution < -0.4 is 0 Å². The summed E-state index contributed by atoms with van der Waals surface area (Å²) in [6.45, 7) is 0. The van der Waals surface area contributed by atoms with E-state index in [1.54, 1.807) is 0 Å². The van der Waals surface area contributed by atoms with Gasteiger partial charge >= 0.3 is 0 Å². The first-order chi connectivity index (χ1) is 8.58. The van der Waals surface area contributed by atoms with E-state index < -0.39 is 24.2 Å². The van der Waals surface area contributed by atoms with E-state index in [-0.39, 0.29) is 11.4 Å². The van der Waals surface area contributed by atoms with Gasteiger partial charge in [-0.2, -0.15) is 0 Å². The van der Waals surface area contributed by atoms with Crippen molar-refractivity contribution in [2.45, 2.75) is 12.9 Å². The van der Waals surface area contributed by atoms with Gasteiger partial charge in [-0.05, 0) is 24.3 Å². The highest BCUT2D eigenvalue weighted by Crippen LogP contribution is 2.23. The molecule has 0 N–H and O–H groups in total. The molecule has 2 aromatic heterocycles. The van der Waals surface area contributed by atoms with Gasteiger partial charge in [0.05, 0.1) is 11.4 Å². The predicted molar refractivity (Wildman–Crippen MR) is 57.4 cm³/mol. The molecular weight excluding hydrogens is 248 g/mol. The molecule has 2 heterocycles. The zero-order chi connectivity index (χ0) is 13.1. The molecular formula is C12H8F4N2. The number of alkyl halides is 4. The Kier molecular flexibility index (Phi) is 3.55. The highest BCUT2D eigenvalue weighted by Gasteiger charge is 2.13. The standard InChI is InChI=1S/C12H8F4N2/c13-11(14)9-5-1-3-7(17-9)8-4-2-6-10(18-8)12(15)16/h1-6,11-12H. The van der Waals surface area contributed by atoms with E-state index in [9.17, 15) is 17.6 Å². The molecule has 0 atom stereocenters. The van der Waals surface area contributed by atoms with Crippen LogP contribution in [0, 0.1) is 0 Å². The summed E-state index contributed by atoms with van der Waals surface area (Å²) in [5, 5.41) is 0. The van der Waals surface area contributed by atoms with E-state index in [2.05, 4.69) is 9.97 Å². The Labute approximate surface area is 100 Å². The summed E-state index contributed by atoms with van der Waals surface area (Å²) in [7, 11) is 0. The van der Waals surface area contributed by atoms with Gasteiger partial charge in [0.1, 0.15) is 11.4 Å². The average Bonchev–Trinajstić information content (AvgIpc) is 2.39. The van der Waals surface area contributed by atoms with Crippen molar-refractivity contribution in [2.24, 2.45) is 0 Å². The summed E-state index contributed by atoms with van der Waals surface area (Å²) >= 11 is 0. The van der Waals surface area contributed by atoms with Crippen molar-refractivity contribution >= 4 is 0 Å². The van der Waals surface area contributed by atoms with Crippen LogP contribution in [0.5, 0.6) is 0 Å². The Morgan fingerprint density at radius 3 is 1.39 bits per heavy atom. The van der Waals surface area contributed by atoms with Crippen molar-refractivity contribution in [1.29, 1.82) is 0 Å². The minimum atomic E-state index is -2.71. The van der Waals surface area contributed by atoms with Crippen molar-refractivity contribution in [1.82, 2.24) is 9.97 Å². The van der Waals surface area contributed by atoms with Crippen LogP contribution in [0.3, 0.4) is 0 Å². The molecule has 0 aliphatic rings. The van der Waals surface area contributed by atoms with E-state index in [1.807, 2.05) is 0 Å². The minimum absolute atomic E-state index is 0.148. The van der Waals surface area contributed by atoms with Crippen molar-refractivity contribution in [3.63, 3.8) is 0 Å². The molecule has 0 unspecified atom stereocenters. The Morgan fingerprint density at radius 2 is 1.06 bits per heavy atom. The number of hydrogen-bond acceptors (Lipinski definition) is 2. The molecule has 6 heteroatoms. The highest BCUT2D eigenvalue weighted by atomic mass is 19.3. The summed E-state index contributed by atoms with van der Waals surface area (Å²) in [5.74, 6) is 0. The highest BCUT2D eigenvalue weighted by molar-refractivity contribution is 5.54. The minimum Gasteiger partial charge on any atom is -0.245 e. The normalized spacial score (nSPS) is 11.2. The molecule has 0 saturated heterocycles. The van der Waals surface area contributed by atoms with Gasteiger partial charge in [-0.15, -0.1) is 0 Å². The van der Waals surface area contributed by atoms with E-state index in [4.69, 9.17) is 0 Å². The van der Waals surface area contributed by atoms with Gasteiger partial charge in [-0.3, -0.25) is 0 Å². The quantitative estimate of drug-likeness (QED) is 0.775. The van der Waals surface area contributed by atoms with Gasteiger partial charge in [0.2, 0.25) is 0 Å². The van der Waals surface area contributed by atoms with Gasteiger partial charge in [0, 0.05) is 0 Å². The third-order valence-electron chi connectivity index (χ3n) is 2.25. The van der Waals surface area contributed by atoms with Crippen molar-refractivity contribution in [3.8, 4) is 11.4 Å². The van der Waals surface area contributed by atoms with Crippen LogP contribution >= 0.6 is 0 Å². The Morgan fingerprint density at radius 1 is 0.667 bits per heavy atom. The summed E-state index contributed by atoms with van der Waals surface area (Å²) in [6.07, 6.45) is -5.41. The Balaban J connectivity index is 2.42. The molecule has 0 aliphatic carbocycles. The molecule has 0 fully saturated rings. The number of pyridine rings is 2. The fourth-order valence-electron chi connectivity index (χ4n) is 1.43. The van der Waals surface area contributed by atoms with E-state index in [0.717, 1.165) is 0 Å². The van der Waals surface area contributed by atoms with Crippen molar-refractivity contribution < 1.29 is 17.6 Å². The van der Waals surface area contributed by atoms with Crippen molar-refractivity contribution in [3.05, 3.63) is 47.8 Å². The maximum absolute atomic E-state index is 12.5. The van der Waals surface area contributed by atoms with Gasteiger partial charge in [-0.1, -0.05) is 12.1 Å². The maximum atomic E-state index is 12.5. The number of nitrogens with zero attached hydrogens (tertiary/aromatic N) is 2. The van der Waals surface area contributed by atoms with E-state index in [1.165, 1.54) is 36.4 Å². The smallest absolute Gasteiger partial charge is 0.245 e. The van der Waals surface area contributed by atoms with Gasteiger partial charge in [-0.25, -0.2) is 27.5 Å². The lowest BCUT2D eigenvalue weighted by Crippen LogP contribution is -1.96. The molecule has 18 heavy (non-hydrogen) atoms. The molecule has 0 saturated carbocycles. The van der Waals surface area contributed by atoms with E-state index in [0.29, 0.717) is 0 Å².